The summed E-state index contributed by atoms with van der Waals surface area (Å²) in [4.78, 5) is 0. The molecule has 0 spiro atoms. The van der Waals surface area contributed by atoms with Gasteiger partial charge in [-0.05, 0) is 49.4 Å². The van der Waals surface area contributed by atoms with Crippen molar-refractivity contribution >= 4 is 23.2 Å². The second-order valence-corrected chi connectivity index (χ2v) is 5.89. The van der Waals surface area contributed by atoms with Gasteiger partial charge < -0.3 is 0 Å². The molecular weight excluding hydrogens is 191 g/mol. The van der Waals surface area contributed by atoms with Gasteiger partial charge in [-0.2, -0.15) is 0 Å². The van der Waals surface area contributed by atoms with Crippen molar-refractivity contribution in [3.63, 3.8) is 0 Å². The third-order valence-electron chi connectivity index (χ3n) is 4.20. The molecule has 2 heteroatoms. The lowest BCUT2D eigenvalue weighted by Crippen LogP contribution is -2.52. The van der Waals surface area contributed by atoms with Crippen LogP contribution < -0.4 is 0 Å². The van der Waals surface area contributed by atoms with E-state index < -0.39 is 0 Å². The molecule has 4 aliphatic carbocycles. The number of halogens is 2. The topological polar surface area (TPSA) is 0 Å². The molecule has 0 aromatic heterocycles. The van der Waals surface area contributed by atoms with E-state index in [9.17, 15) is 0 Å². The summed E-state index contributed by atoms with van der Waals surface area (Å²) in [5.74, 6) is 3.24. The molecule has 0 amide bonds. The molecule has 0 N–H and O–H groups in total. The van der Waals surface area contributed by atoms with E-state index in [1.807, 2.05) is 0 Å². The Morgan fingerprint density at radius 1 is 0.750 bits per heavy atom. The second kappa shape index (κ2) is 2.54. The summed E-state index contributed by atoms with van der Waals surface area (Å²) in [6.45, 7) is 0. The highest BCUT2D eigenvalue weighted by molar-refractivity contribution is 6.24. The van der Waals surface area contributed by atoms with Crippen LogP contribution in [0.25, 0.3) is 0 Å². The molecule has 2 unspecified atom stereocenters. The summed E-state index contributed by atoms with van der Waals surface area (Å²) in [5.41, 5.74) is 0. The zero-order valence-electron chi connectivity index (χ0n) is 7.05. The highest BCUT2D eigenvalue weighted by Gasteiger charge is 2.52. The van der Waals surface area contributed by atoms with E-state index in [4.69, 9.17) is 23.2 Å². The Kier molecular flexibility index (Phi) is 1.68. The molecule has 4 rings (SSSR count). The van der Waals surface area contributed by atoms with Crippen LogP contribution in [0.3, 0.4) is 0 Å². The molecule has 0 aromatic carbocycles. The van der Waals surface area contributed by atoms with Gasteiger partial charge in [0.15, 0.2) is 0 Å². The Labute approximate surface area is 83.6 Å². The predicted molar refractivity (Wildman–Crippen MR) is 51.7 cm³/mol. The van der Waals surface area contributed by atoms with Crippen molar-refractivity contribution in [1.29, 1.82) is 0 Å². The third-order valence-corrected chi connectivity index (χ3v) is 5.56. The van der Waals surface area contributed by atoms with Gasteiger partial charge in [0.25, 0.3) is 0 Å². The molecule has 4 aliphatic rings. The standard InChI is InChI=1S/C10H14Cl2/c11-9-6-1-5-2-7(4-6)10(12)8(9)3-5/h5-10H,1-4H2/t5?,6-,7+,8?,9-,10-/m1/s1. The van der Waals surface area contributed by atoms with Crippen LogP contribution in [0.2, 0.25) is 0 Å². The fourth-order valence-electron chi connectivity index (χ4n) is 3.77. The molecule has 0 aliphatic heterocycles. The SMILES string of the molecule is Cl[C@H]1C2CC3C[C@@H]1C[C@H](C3)[C@H]2Cl. The molecule has 0 heterocycles. The lowest BCUT2D eigenvalue weighted by molar-refractivity contribution is 0.0288. The number of rotatable bonds is 0. The summed E-state index contributed by atoms with van der Waals surface area (Å²) in [7, 11) is 0. The van der Waals surface area contributed by atoms with Gasteiger partial charge in [-0.3, -0.25) is 0 Å². The average Bonchev–Trinajstić information content (AvgIpc) is 2.07. The lowest BCUT2D eigenvalue weighted by atomic mass is 9.56. The lowest BCUT2D eigenvalue weighted by Gasteiger charge is -2.54. The van der Waals surface area contributed by atoms with E-state index in [0.717, 1.165) is 17.8 Å². The summed E-state index contributed by atoms with van der Waals surface area (Å²) in [6.07, 6.45) is 5.42. The summed E-state index contributed by atoms with van der Waals surface area (Å²) in [6, 6.07) is 0. The van der Waals surface area contributed by atoms with E-state index in [1.165, 1.54) is 25.7 Å². The van der Waals surface area contributed by atoms with Crippen molar-refractivity contribution in [1.82, 2.24) is 0 Å². The Hall–Kier alpha value is 0.580. The fourth-order valence-corrected chi connectivity index (χ4v) is 4.77. The Balaban J connectivity index is 1.93. The van der Waals surface area contributed by atoms with Gasteiger partial charge in [-0.1, -0.05) is 0 Å². The van der Waals surface area contributed by atoms with Gasteiger partial charge in [0.1, 0.15) is 0 Å². The highest BCUT2D eigenvalue weighted by Crippen LogP contribution is 2.57. The van der Waals surface area contributed by atoms with E-state index in [-0.39, 0.29) is 0 Å². The van der Waals surface area contributed by atoms with Gasteiger partial charge in [0.05, 0.1) is 0 Å². The molecule has 6 atom stereocenters. The Bertz CT molecular complexity index is 186. The van der Waals surface area contributed by atoms with Crippen LogP contribution in [0.5, 0.6) is 0 Å². The summed E-state index contributed by atoms with van der Waals surface area (Å²) in [5, 5.41) is 0.806. The molecule has 4 bridgehead atoms. The Morgan fingerprint density at radius 3 is 1.92 bits per heavy atom. The number of hydrogen-bond acceptors (Lipinski definition) is 0. The van der Waals surface area contributed by atoms with Crippen LogP contribution in [0.15, 0.2) is 0 Å². The molecule has 12 heavy (non-hydrogen) atoms. The monoisotopic (exact) mass is 204 g/mol. The van der Waals surface area contributed by atoms with E-state index in [1.54, 1.807) is 0 Å². The second-order valence-electron chi connectivity index (χ2n) is 4.88. The minimum Gasteiger partial charge on any atom is -0.122 e. The zero-order chi connectivity index (χ0) is 8.29. The van der Waals surface area contributed by atoms with Gasteiger partial charge in [0.2, 0.25) is 0 Å². The van der Waals surface area contributed by atoms with Gasteiger partial charge in [-0.25, -0.2) is 0 Å². The maximum Gasteiger partial charge on any atom is 0.0406 e. The quantitative estimate of drug-likeness (QED) is 0.532. The van der Waals surface area contributed by atoms with Crippen LogP contribution in [-0.2, 0) is 0 Å². The fraction of sp³-hybridized carbons (Fsp3) is 1.00. The van der Waals surface area contributed by atoms with Crippen molar-refractivity contribution in [2.24, 2.45) is 23.7 Å². The Morgan fingerprint density at radius 2 is 1.33 bits per heavy atom. The van der Waals surface area contributed by atoms with Crippen molar-refractivity contribution in [2.75, 3.05) is 0 Å². The number of hydrogen-bond donors (Lipinski definition) is 0. The van der Waals surface area contributed by atoms with Crippen LogP contribution in [0, 0.1) is 23.7 Å². The minimum atomic E-state index is 0.403. The number of alkyl halides is 2. The molecule has 0 radical (unpaired) electrons. The van der Waals surface area contributed by atoms with Crippen LogP contribution in [0.1, 0.15) is 25.7 Å². The zero-order valence-corrected chi connectivity index (χ0v) is 8.56. The van der Waals surface area contributed by atoms with Crippen LogP contribution in [-0.4, -0.2) is 10.8 Å². The van der Waals surface area contributed by atoms with E-state index in [0.29, 0.717) is 16.7 Å². The van der Waals surface area contributed by atoms with Crippen molar-refractivity contribution in [3.8, 4) is 0 Å². The van der Waals surface area contributed by atoms with Crippen molar-refractivity contribution < 1.29 is 0 Å². The third kappa shape index (κ3) is 0.915. The first kappa shape index (κ1) is 7.94. The largest absolute Gasteiger partial charge is 0.122 e. The molecule has 0 nitrogen and oxygen atoms in total. The molecular formula is C10H14Cl2. The molecule has 4 fully saturated rings. The smallest absolute Gasteiger partial charge is 0.0406 e. The molecule has 4 saturated carbocycles. The normalized spacial score (nSPS) is 62.5. The summed E-state index contributed by atoms with van der Waals surface area (Å²) >= 11 is 12.8. The molecule has 68 valence electrons. The van der Waals surface area contributed by atoms with Crippen LogP contribution >= 0.6 is 23.2 Å². The van der Waals surface area contributed by atoms with Gasteiger partial charge in [0, 0.05) is 10.8 Å². The van der Waals surface area contributed by atoms with Gasteiger partial charge in [-0.15, -0.1) is 23.2 Å². The van der Waals surface area contributed by atoms with Crippen molar-refractivity contribution in [3.05, 3.63) is 0 Å². The summed E-state index contributed by atoms with van der Waals surface area (Å²) < 4.78 is 0. The first-order valence-electron chi connectivity index (χ1n) is 5.04. The molecule has 0 saturated heterocycles. The van der Waals surface area contributed by atoms with Crippen molar-refractivity contribution in [2.45, 2.75) is 36.4 Å². The first-order chi connectivity index (χ1) is 5.75. The molecule has 0 aromatic rings. The minimum absolute atomic E-state index is 0.403. The predicted octanol–water partition coefficient (Wildman–Crippen LogP) is 3.27. The van der Waals surface area contributed by atoms with Crippen LogP contribution in [0.4, 0.5) is 0 Å². The maximum absolute atomic E-state index is 6.38. The highest BCUT2D eigenvalue weighted by atomic mass is 35.5. The maximum atomic E-state index is 6.38. The van der Waals surface area contributed by atoms with E-state index >= 15 is 0 Å². The van der Waals surface area contributed by atoms with Gasteiger partial charge >= 0.3 is 0 Å². The average molecular weight is 205 g/mol. The van der Waals surface area contributed by atoms with E-state index in [2.05, 4.69) is 0 Å². The first-order valence-corrected chi connectivity index (χ1v) is 5.91.